The summed E-state index contributed by atoms with van der Waals surface area (Å²) in [6, 6.07) is 0.487. The summed E-state index contributed by atoms with van der Waals surface area (Å²) in [6.45, 7) is 9.40. The van der Waals surface area contributed by atoms with Crippen molar-refractivity contribution in [3.8, 4) is 0 Å². The Morgan fingerprint density at radius 2 is 2.29 bits per heavy atom. The van der Waals surface area contributed by atoms with Gasteiger partial charge in [0.1, 0.15) is 0 Å². The summed E-state index contributed by atoms with van der Waals surface area (Å²) < 4.78 is 7.10. The number of tetrazole rings is 1. The van der Waals surface area contributed by atoms with E-state index in [0.717, 1.165) is 37.2 Å². The van der Waals surface area contributed by atoms with Crippen LogP contribution in [0.2, 0.25) is 0 Å². The van der Waals surface area contributed by atoms with Crippen LogP contribution in [0.25, 0.3) is 0 Å². The van der Waals surface area contributed by atoms with Gasteiger partial charge < -0.3 is 10.1 Å². The summed E-state index contributed by atoms with van der Waals surface area (Å²) >= 11 is 1.63. The van der Waals surface area contributed by atoms with Crippen LogP contribution in [-0.4, -0.2) is 51.8 Å². The number of hydrogen-bond donors (Lipinski definition) is 1. The predicted molar refractivity (Wildman–Crippen MR) is 68.2 cm³/mol. The molecule has 1 N–H and O–H groups in total. The van der Waals surface area contributed by atoms with E-state index in [-0.39, 0.29) is 0 Å². The number of thioether (sulfide) groups is 1. The predicted octanol–water partition coefficient (Wildman–Crippen LogP) is 0.800. The van der Waals surface area contributed by atoms with Gasteiger partial charge in [-0.05, 0) is 17.4 Å². The summed E-state index contributed by atoms with van der Waals surface area (Å²) in [5.41, 5.74) is 0. The molecule has 98 valence electrons. The first-order valence-corrected chi connectivity index (χ1v) is 6.92. The summed E-state index contributed by atoms with van der Waals surface area (Å²) in [6.07, 6.45) is 0. The molecule has 1 heterocycles. The molecule has 7 heteroatoms. The maximum atomic E-state index is 5.27. The summed E-state index contributed by atoms with van der Waals surface area (Å²) in [5, 5.41) is 15.8. The Balaban J connectivity index is 2.27. The molecular formula is C10H21N5OS. The SMILES string of the molecule is CCOCCSc1nnnn1CCNC(C)C. The fraction of sp³-hybridized carbons (Fsp3) is 0.900. The number of hydrogen-bond acceptors (Lipinski definition) is 6. The van der Waals surface area contributed by atoms with Crippen molar-refractivity contribution in [2.24, 2.45) is 0 Å². The molecule has 0 aromatic carbocycles. The molecule has 1 aromatic heterocycles. The van der Waals surface area contributed by atoms with Crippen LogP contribution in [0.3, 0.4) is 0 Å². The van der Waals surface area contributed by atoms with Gasteiger partial charge in [0.05, 0.1) is 13.2 Å². The first kappa shape index (κ1) is 14.4. The average molecular weight is 259 g/mol. The Labute approximate surface area is 106 Å². The van der Waals surface area contributed by atoms with Crippen molar-refractivity contribution in [3.05, 3.63) is 0 Å². The quantitative estimate of drug-likeness (QED) is 0.523. The zero-order valence-corrected chi connectivity index (χ0v) is 11.5. The second-order valence-corrected chi connectivity index (χ2v) is 4.90. The lowest BCUT2D eigenvalue weighted by Crippen LogP contribution is -2.27. The van der Waals surface area contributed by atoms with Crippen LogP contribution in [0.5, 0.6) is 0 Å². The van der Waals surface area contributed by atoms with Crippen LogP contribution in [0, 0.1) is 0 Å². The van der Waals surface area contributed by atoms with Crippen molar-refractivity contribution in [1.29, 1.82) is 0 Å². The van der Waals surface area contributed by atoms with Crippen LogP contribution >= 0.6 is 11.8 Å². The number of rotatable bonds is 9. The van der Waals surface area contributed by atoms with E-state index in [1.54, 1.807) is 11.8 Å². The van der Waals surface area contributed by atoms with Crippen molar-refractivity contribution >= 4 is 11.8 Å². The van der Waals surface area contributed by atoms with Crippen LogP contribution < -0.4 is 5.32 Å². The second kappa shape index (κ2) is 8.43. The van der Waals surface area contributed by atoms with E-state index in [9.17, 15) is 0 Å². The third-order valence-corrected chi connectivity index (χ3v) is 2.96. The van der Waals surface area contributed by atoms with Crippen LogP contribution in [-0.2, 0) is 11.3 Å². The highest BCUT2D eigenvalue weighted by Crippen LogP contribution is 2.12. The molecule has 0 fully saturated rings. The largest absolute Gasteiger partial charge is 0.381 e. The van der Waals surface area contributed by atoms with Crippen molar-refractivity contribution in [2.45, 2.75) is 38.5 Å². The molecule has 0 atom stereocenters. The standard InChI is InChI=1S/C10H21N5OS/c1-4-16-7-8-17-10-12-13-14-15(10)6-5-11-9(2)3/h9,11H,4-8H2,1-3H3. The maximum absolute atomic E-state index is 5.27. The topological polar surface area (TPSA) is 64.9 Å². The van der Waals surface area contributed by atoms with Crippen molar-refractivity contribution < 1.29 is 4.74 Å². The van der Waals surface area contributed by atoms with Gasteiger partial charge in [0, 0.05) is 24.9 Å². The number of ether oxygens (including phenoxy) is 1. The Morgan fingerprint density at radius 3 is 3.00 bits per heavy atom. The Hall–Kier alpha value is -0.660. The highest BCUT2D eigenvalue weighted by Gasteiger charge is 2.06. The molecule has 0 bridgehead atoms. The number of aromatic nitrogens is 4. The van der Waals surface area contributed by atoms with Crippen LogP contribution in [0.1, 0.15) is 20.8 Å². The van der Waals surface area contributed by atoms with E-state index in [0.29, 0.717) is 6.04 Å². The molecule has 6 nitrogen and oxygen atoms in total. The van der Waals surface area contributed by atoms with E-state index in [1.165, 1.54) is 0 Å². The van der Waals surface area contributed by atoms with Gasteiger partial charge in [-0.1, -0.05) is 25.6 Å². The second-order valence-electron chi connectivity index (χ2n) is 3.84. The smallest absolute Gasteiger partial charge is 0.209 e. The fourth-order valence-corrected chi connectivity index (χ4v) is 1.99. The number of nitrogens with one attached hydrogen (secondary N) is 1. The van der Waals surface area contributed by atoms with Gasteiger partial charge in [0.25, 0.3) is 0 Å². The zero-order chi connectivity index (χ0) is 12.5. The highest BCUT2D eigenvalue weighted by molar-refractivity contribution is 7.99. The Kier molecular flexibility index (Phi) is 7.14. The first-order chi connectivity index (χ1) is 8.24. The van der Waals surface area contributed by atoms with Gasteiger partial charge in [-0.25, -0.2) is 4.68 Å². The van der Waals surface area contributed by atoms with Gasteiger partial charge in [-0.3, -0.25) is 0 Å². The maximum Gasteiger partial charge on any atom is 0.209 e. The molecule has 0 saturated heterocycles. The Morgan fingerprint density at radius 1 is 1.47 bits per heavy atom. The van der Waals surface area contributed by atoms with Crippen molar-refractivity contribution in [1.82, 2.24) is 25.5 Å². The minimum absolute atomic E-state index is 0.487. The molecule has 1 aromatic rings. The van der Waals surface area contributed by atoms with E-state index < -0.39 is 0 Å². The third-order valence-electron chi connectivity index (χ3n) is 2.04. The van der Waals surface area contributed by atoms with Gasteiger partial charge in [0.15, 0.2) is 0 Å². The molecule has 1 rings (SSSR count). The fourth-order valence-electron chi connectivity index (χ4n) is 1.24. The molecule has 0 unspecified atom stereocenters. The third kappa shape index (κ3) is 5.99. The molecule has 0 aliphatic heterocycles. The summed E-state index contributed by atoms with van der Waals surface area (Å²) in [7, 11) is 0. The molecule has 0 radical (unpaired) electrons. The first-order valence-electron chi connectivity index (χ1n) is 5.94. The van der Waals surface area contributed by atoms with Gasteiger partial charge in [0.2, 0.25) is 5.16 Å². The van der Waals surface area contributed by atoms with E-state index in [1.807, 2.05) is 11.6 Å². The lowest BCUT2D eigenvalue weighted by molar-refractivity contribution is 0.164. The van der Waals surface area contributed by atoms with E-state index in [2.05, 4.69) is 34.7 Å². The minimum atomic E-state index is 0.487. The Bertz CT molecular complexity index is 305. The number of nitrogens with zero attached hydrogens (tertiary/aromatic N) is 4. The molecule has 0 aliphatic carbocycles. The zero-order valence-electron chi connectivity index (χ0n) is 10.7. The van der Waals surface area contributed by atoms with E-state index >= 15 is 0 Å². The monoisotopic (exact) mass is 259 g/mol. The molecule has 0 spiro atoms. The lowest BCUT2D eigenvalue weighted by atomic mass is 10.4. The lowest BCUT2D eigenvalue weighted by Gasteiger charge is -2.08. The average Bonchev–Trinajstić information content (AvgIpc) is 2.72. The van der Waals surface area contributed by atoms with Crippen molar-refractivity contribution in [2.75, 3.05) is 25.5 Å². The molecule has 17 heavy (non-hydrogen) atoms. The van der Waals surface area contributed by atoms with Crippen LogP contribution in [0.15, 0.2) is 5.16 Å². The molecular weight excluding hydrogens is 238 g/mol. The molecule has 0 aliphatic rings. The summed E-state index contributed by atoms with van der Waals surface area (Å²) in [4.78, 5) is 0. The molecule has 0 saturated carbocycles. The highest BCUT2D eigenvalue weighted by atomic mass is 32.2. The molecule has 0 amide bonds. The van der Waals surface area contributed by atoms with Crippen molar-refractivity contribution in [3.63, 3.8) is 0 Å². The van der Waals surface area contributed by atoms with Gasteiger partial charge in [-0.15, -0.1) is 5.10 Å². The van der Waals surface area contributed by atoms with Crippen LogP contribution in [0.4, 0.5) is 0 Å². The van der Waals surface area contributed by atoms with Gasteiger partial charge >= 0.3 is 0 Å². The van der Waals surface area contributed by atoms with E-state index in [4.69, 9.17) is 4.74 Å². The van der Waals surface area contributed by atoms with Gasteiger partial charge in [-0.2, -0.15) is 0 Å². The minimum Gasteiger partial charge on any atom is -0.381 e. The summed E-state index contributed by atoms with van der Waals surface area (Å²) in [5.74, 6) is 0.881. The normalized spacial score (nSPS) is 11.3.